The van der Waals surface area contributed by atoms with Crippen LogP contribution in [0.5, 0.6) is 5.75 Å². The van der Waals surface area contributed by atoms with E-state index < -0.39 is 0 Å². The molecule has 1 aliphatic carbocycles. The van der Waals surface area contributed by atoms with Gasteiger partial charge in [0.1, 0.15) is 5.75 Å². The van der Waals surface area contributed by atoms with Crippen LogP contribution >= 0.6 is 11.8 Å². The molecule has 3 heteroatoms. The van der Waals surface area contributed by atoms with Gasteiger partial charge in [-0.1, -0.05) is 0 Å². The van der Waals surface area contributed by atoms with E-state index in [9.17, 15) is 0 Å². The van der Waals surface area contributed by atoms with Gasteiger partial charge < -0.3 is 10.5 Å². The molecule has 0 atom stereocenters. The summed E-state index contributed by atoms with van der Waals surface area (Å²) in [7, 11) is 0. The van der Waals surface area contributed by atoms with Gasteiger partial charge in [0.2, 0.25) is 0 Å². The molecule has 0 bridgehead atoms. The van der Waals surface area contributed by atoms with Crippen LogP contribution in [0, 0.1) is 0 Å². The molecule has 0 aromatic heterocycles. The normalized spacial score (nSPS) is 15.6. The van der Waals surface area contributed by atoms with Crippen LogP contribution < -0.4 is 10.5 Å². The fourth-order valence-corrected chi connectivity index (χ4v) is 1.79. The molecule has 2 N–H and O–H groups in total. The summed E-state index contributed by atoms with van der Waals surface area (Å²) >= 11 is 1.73. The third-order valence-corrected chi connectivity index (χ3v) is 3.03. The van der Waals surface area contributed by atoms with Crippen molar-refractivity contribution in [3.8, 4) is 5.75 Å². The van der Waals surface area contributed by atoms with Crippen LogP contribution in [0.25, 0.3) is 0 Å². The Kier molecular flexibility index (Phi) is 2.99. The lowest BCUT2D eigenvalue weighted by molar-refractivity contribution is 0.300. The van der Waals surface area contributed by atoms with Crippen LogP contribution in [0.2, 0.25) is 0 Å². The molecular weight excluding hydrogens is 194 g/mol. The quantitative estimate of drug-likeness (QED) is 0.773. The zero-order valence-electron chi connectivity index (χ0n) is 8.32. The first-order valence-corrected chi connectivity index (χ1v) is 6.09. The molecule has 0 radical (unpaired) electrons. The zero-order chi connectivity index (χ0) is 9.97. The van der Waals surface area contributed by atoms with Crippen LogP contribution in [0.15, 0.2) is 23.1 Å². The lowest BCUT2D eigenvalue weighted by atomic mass is 10.2. The molecule has 0 unspecified atom stereocenters. The SMILES string of the molecule is CSc1ccc(OC2CC2)c(CN)c1. The summed E-state index contributed by atoms with van der Waals surface area (Å²) < 4.78 is 5.76. The highest BCUT2D eigenvalue weighted by Crippen LogP contribution is 2.31. The first-order chi connectivity index (χ1) is 6.83. The van der Waals surface area contributed by atoms with E-state index in [1.54, 1.807) is 11.8 Å². The monoisotopic (exact) mass is 209 g/mol. The topological polar surface area (TPSA) is 35.2 Å². The van der Waals surface area contributed by atoms with Crippen molar-refractivity contribution in [2.75, 3.05) is 6.26 Å². The largest absolute Gasteiger partial charge is 0.490 e. The summed E-state index contributed by atoms with van der Waals surface area (Å²) in [4.78, 5) is 1.24. The minimum Gasteiger partial charge on any atom is -0.490 e. The van der Waals surface area contributed by atoms with Crippen LogP contribution in [-0.2, 0) is 6.54 Å². The lowest BCUT2D eigenvalue weighted by Crippen LogP contribution is -2.03. The number of benzene rings is 1. The second-order valence-electron chi connectivity index (χ2n) is 3.49. The van der Waals surface area contributed by atoms with Gasteiger partial charge in [0.15, 0.2) is 0 Å². The average Bonchev–Trinajstić information content (AvgIpc) is 3.02. The number of hydrogen-bond donors (Lipinski definition) is 1. The van der Waals surface area contributed by atoms with Crippen molar-refractivity contribution in [3.05, 3.63) is 23.8 Å². The Morgan fingerprint density at radius 2 is 2.29 bits per heavy atom. The number of nitrogens with two attached hydrogens (primary N) is 1. The number of rotatable bonds is 4. The Morgan fingerprint density at radius 1 is 1.50 bits per heavy atom. The van der Waals surface area contributed by atoms with E-state index in [1.165, 1.54) is 17.7 Å². The van der Waals surface area contributed by atoms with Gasteiger partial charge in [-0.05, 0) is 37.3 Å². The van der Waals surface area contributed by atoms with E-state index >= 15 is 0 Å². The van der Waals surface area contributed by atoms with Crippen molar-refractivity contribution < 1.29 is 4.74 Å². The van der Waals surface area contributed by atoms with Crippen LogP contribution in [-0.4, -0.2) is 12.4 Å². The summed E-state index contributed by atoms with van der Waals surface area (Å²) in [5, 5.41) is 0. The van der Waals surface area contributed by atoms with E-state index in [2.05, 4.69) is 18.4 Å². The number of hydrogen-bond acceptors (Lipinski definition) is 3. The highest BCUT2D eigenvalue weighted by atomic mass is 32.2. The summed E-state index contributed by atoms with van der Waals surface area (Å²) in [5.74, 6) is 0.966. The summed E-state index contributed by atoms with van der Waals surface area (Å²) in [6.45, 7) is 0.552. The Labute approximate surface area is 88.8 Å². The van der Waals surface area contributed by atoms with Gasteiger partial charge in [0.25, 0.3) is 0 Å². The van der Waals surface area contributed by atoms with Crippen LogP contribution in [0.3, 0.4) is 0 Å². The first-order valence-electron chi connectivity index (χ1n) is 4.87. The lowest BCUT2D eigenvalue weighted by Gasteiger charge is -2.10. The van der Waals surface area contributed by atoms with Crippen molar-refractivity contribution in [3.63, 3.8) is 0 Å². The molecule has 0 amide bonds. The molecule has 2 nitrogen and oxygen atoms in total. The highest BCUT2D eigenvalue weighted by Gasteiger charge is 2.24. The smallest absolute Gasteiger partial charge is 0.124 e. The van der Waals surface area contributed by atoms with Crippen molar-refractivity contribution in [2.24, 2.45) is 5.73 Å². The van der Waals surface area contributed by atoms with Crippen LogP contribution in [0.4, 0.5) is 0 Å². The van der Waals surface area contributed by atoms with Crippen molar-refractivity contribution in [1.82, 2.24) is 0 Å². The van der Waals surface area contributed by atoms with E-state index in [0.717, 1.165) is 11.3 Å². The van der Waals surface area contributed by atoms with Crippen LogP contribution in [0.1, 0.15) is 18.4 Å². The predicted molar refractivity (Wildman–Crippen MR) is 59.8 cm³/mol. The van der Waals surface area contributed by atoms with Gasteiger partial charge in [-0.15, -0.1) is 11.8 Å². The third kappa shape index (κ3) is 2.22. The Bertz CT molecular complexity index is 323. The van der Waals surface area contributed by atoms with E-state index in [0.29, 0.717) is 12.6 Å². The maximum Gasteiger partial charge on any atom is 0.124 e. The third-order valence-electron chi connectivity index (χ3n) is 2.31. The Balaban J connectivity index is 2.19. The molecule has 1 aromatic rings. The van der Waals surface area contributed by atoms with E-state index in [4.69, 9.17) is 10.5 Å². The first kappa shape index (κ1) is 9.87. The molecule has 0 heterocycles. The Morgan fingerprint density at radius 3 is 2.86 bits per heavy atom. The second kappa shape index (κ2) is 4.24. The highest BCUT2D eigenvalue weighted by molar-refractivity contribution is 7.98. The molecular formula is C11H15NOS. The number of ether oxygens (including phenoxy) is 1. The maximum atomic E-state index is 5.76. The molecule has 76 valence electrons. The molecule has 14 heavy (non-hydrogen) atoms. The predicted octanol–water partition coefficient (Wildman–Crippen LogP) is 2.41. The average molecular weight is 209 g/mol. The molecule has 0 saturated heterocycles. The summed E-state index contributed by atoms with van der Waals surface area (Å²) in [6.07, 6.45) is 4.89. The molecule has 0 aliphatic heterocycles. The maximum absolute atomic E-state index is 5.76. The van der Waals surface area contributed by atoms with Gasteiger partial charge in [-0.3, -0.25) is 0 Å². The second-order valence-corrected chi connectivity index (χ2v) is 4.37. The molecule has 1 aromatic carbocycles. The van der Waals surface area contributed by atoms with E-state index in [1.807, 2.05) is 6.07 Å². The molecule has 1 fully saturated rings. The Hall–Kier alpha value is -0.670. The fraction of sp³-hybridized carbons (Fsp3) is 0.455. The minimum absolute atomic E-state index is 0.445. The van der Waals surface area contributed by atoms with Gasteiger partial charge in [0, 0.05) is 17.0 Å². The molecule has 2 rings (SSSR count). The summed E-state index contributed by atoms with van der Waals surface area (Å²) in [5.41, 5.74) is 6.80. The number of thioether (sulfide) groups is 1. The standard InChI is InChI=1S/C11H15NOS/c1-14-10-4-5-11(8(6-10)7-12)13-9-2-3-9/h4-6,9H,2-3,7,12H2,1H3. The molecule has 0 spiro atoms. The fourth-order valence-electron chi connectivity index (χ4n) is 1.32. The van der Waals surface area contributed by atoms with Crippen molar-refractivity contribution in [2.45, 2.75) is 30.4 Å². The van der Waals surface area contributed by atoms with Gasteiger partial charge in [-0.25, -0.2) is 0 Å². The molecule has 1 aliphatic rings. The van der Waals surface area contributed by atoms with Gasteiger partial charge in [0.05, 0.1) is 6.10 Å². The summed E-state index contributed by atoms with van der Waals surface area (Å²) in [6, 6.07) is 6.23. The molecule has 1 saturated carbocycles. The van der Waals surface area contributed by atoms with Gasteiger partial charge in [-0.2, -0.15) is 0 Å². The minimum atomic E-state index is 0.445. The van der Waals surface area contributed by atoms with Gasteiger partial charge >= 0.3 is 0 Å². The van der Waals surface area contributed by atoms with Crippen molar-refractivity contribution in [1.29, 1.82) is 0 Å². The zero-order valence-corrected chi connectivity index (χ0v) is 9.14. The van der Waals surface area contributed by atoms with Crippen molar-refractivity contribution >= 4 is 11.8 Å². The van der Waals surface area contributed by atoms with E-state index in [-0.39, 0.29) is 0 Å².